The molecule has 2 aliphatic rings. The Labute approximate surface area is 226 Å². The molecule has 0 aliphatic carbocycles. The molecule has 0 aromatic carbocycles. The summed E-state index contributed by atoms with van der Waals surface area (Å²) < 4.78 is 14.3. The van der Waals surface area contributed by atoms with E-state index < -0.39 is 0 Å². The summed E-state index contributed by atoms with van der Waals surface area (Å²) in [5, 5.41) is 0.791. The average molecular weight is 581 g/mol. The van der Waals surface area contributed by atoms with Crippen molar-refractivity contribution in [1.29, 1.82) is 0 Å². The molecule has 4 unspecified atom stereocenters. The van der Waals surface area contributed by atoms with Crippen LogP contribution in [-0.2, 0) is 19.1 Å². The van der Waals surface area contributed by atoms with Gasteiger partial charge in [0.2, 0.25) is 0 Å². The summed E-state index contributed by atoms with van der Waals surface area (Å²) in [7, 11) is 0. The number of thioether (sulfide) groups is 6. The SMILES string of the molecule is C=CC(=O)OCC1CSC(CCSc2ccc(SCCC3SCC(COC(=O)C=C)S3)s2)S1. The maximum atomic E-state index is 11.2. The maximum absolute atomic E-state index is 11.2. The molecule has 11 heteroatoms. The second-order valence-electron chi connectivity index (χ2n) is 7.06. The third-order valence-corrected chi connectivity index (χ3v) is 14.9. The molecular formula is C22H28O4S7. The zero-order valence-electron chi connectivity index (χ0n) is 18.2. The lowest BCUT2D eigenvalue weighted by molar-refractivity contribution is -0.138. The number of hydrogen-bond acceptors (Lipinski definition) is 11. The normalized spacial score (nSPS) is 24.5. The van der Waals surface area contributed by atoms with Gasteiger partial charge in [0.15, 0.2) is 0 Å². The molecular weight excluding hydrogens is 553 g/mol. The van der Waals surface area contributed by atoms with Crippen molar-refractivity contribution < 1.29 is 19.1 Å². The standard InChI is InChI=1S/C22H28O4S7/c1-3-17(23)25-11-15-13-29-21(31-15)7-9-27-19-5-6-20(33-19)28-10-8-22-30-14-16(32-22)12-26-18(24)4-2/h3-6,15-16,21-22H,1-2,7-14H2. The quantitative estimate of drug-likeness (QED) is 0.138. The van der Waals surface area contributed by atoms with E-state index in [0.29, 0.717) is 32.9 Å². The zero-order chi connectivity index (χ0) is 23.5. The highest BCUT2D eigenvalue weighted by Crippen LogP contribution is 2.43. The highest BCUT2D eigenvalue weighted by Gasteiger charge is 2.27. The molecule has 2 saturated heterocycles. The van der Waals surface area contributed by atoms with Crippen molar-refractivity contribution in [3.05, 3.63) is 37.4 Å². The molecule has 2 fully saturated rings. The predicted octanol–water partition coefficient (Wildman–Crippen LogP) is 6.52. The molecule has 4 atom stereocenters. The molecule has 3 heterocycles. The topological polar surface area (TPSA) is 52.6 Å². The number of carbonyl (C=O) groups excluding carboxylic acids is 2. The number of thiophene rings is 1. The summed E-state index contributed by atoms with van der Waals surface area (Å²) in [5.74, 6) is 3.65. The lowest BCUT2D eigenvalue weighted by atomic mass is 10.5. The number of hydrogen-bond donors (Lipinski definition) is 0. The van der Waals surface area contributed by atoms with Gasteiger partial charge in [0, 0.05) is 45.7 Å². The Morgan fingerprint density at radius 1 is 0.879 bits per heavy atom. The van der Waals surface area contributed by atoms with Gasteiger partial charge in [-0.1, -0.05) is 13.2 Å². The van der Waals surface area contributed by atoms with Crippen molar-refractivity contribution in [3.8, 4) is 0 Å². The van der Waals surface area contributed by atoms with Gasteiger partial charge in [0.1, 0.15) is 13.2 Å². The van der Waals surface area contributed by atoms with Crippen LogP contribution in [0.25, 0.3) is 0 Å². The van der Waals surface area contributed by atoms with Crippen LogP contribution in [0.4, 0.5) is 0 Å². The minimum absolute atomic E-state index is 0.331. The molecule has 182 valence electrons. The highest BCUT2D eigenvalue weighted by molar-refractivity contribution is 8.21. The van der Waals surface area contributed by atoms with Crippen LogP contribution in [0.5, 0.6) is 0 Å². The first-order valence-corrected chi connectivity index (χ1v) is 17.3. The van der Waals surface area contributed by atoms with Gasteiger partial charge in [0.25, 0.3) is 0 Å². The van der Waals surface area contributed by atoms with Crippen LogP contribution < -0.4 is 0 Å². The Balaban J connectivity index is 1.24. The third-order valence-electron chi connectivity index (χ3n) is 4.53. The average Bonchev–Trinajstić information content (AvgIpc) is 3.58. The molecule has 2 aliphatic heterocycles. The summed E-state index contributed by atoms with van der Waals surface area (Å²) >= 11 is 13.6. The second-order valence-corrected chi connectivity index (χ2v) is 17.0. The van der Waals surface area contributed by atoms with Gasteiger partial charge in [0.05, 0.1) is 17.6 Å². The van der Waals surface area contributed by atoms with E-state index in [2.05, 4.69) is 25.3 Å². The van der Waals surface area contributed by atoms with Crippen LogP contribution in [-0.4, -0.2) is 67.8 Å². The molecule has 0 N–H and O–H groups in total. The van der Waals surface area contributed by atoms with Crippen LogP contribution in [0.3, 0.4) is 0 Å². The van der Waals surface area contributed by atoms with Gasteiger partial charge in [-0.2, -0.15) is 0 Å². The molecule has 1 aromatic rings. The Kier molecular flexibility index (Phi) is 12.9. The fraction of sp³-hybridized carbons (Fsp3) is 0.545. The van der Waals surface area contributed by atoms with Gasteiger partial charge in [-0.05, 0) is 25.0 Å². The lowest BCUT2D eigenvalue weighted by Gasteiger charge is -2.10. The summed E-state index contributed by atoms with van der Waals surface area (Å²) in [5.41, 5.74) is 0. The number of carbonyl (C=O) groups is 2. The van der Waals surface area contributed by atoms with Crippen LogP contribution in [0, 0.1) is 0 Å². The summed E-state index contributed by atoms with van der Waals surface area (Å²) in [6.07, 6.45) is 4.77. The van der Waals surface area contributed by atoms with E-state index in [4.69, 9.17) is 9.47 Å². The Morgan fingerprint density at radius 2 is 1.33 bits per heavy atom. The molecule has 1 aromatic heterocycles. The zero-order valence-corrected chi connectivity index (χ0v) is 23.9. The first kappa shape index (κ1) is 27.8. The molecule has 33 heavy (non-hydrogen) atoms. The van der Waals surface area contributed by atoms with Gasteiger partial charge in [-0.15, -0.1) is 81.9 Å². The van der Waals surface area contributed by atoms with E-state index >= 15 is 0 Å². The maximum Gasteiger partial charge on any atom is 0.330 e. The fourth-order valence-electron chi connectivity index (χ4n) is 2.93. The second kappa shape index (κ2) is 15.4. The third kappa shape index (κ3) is 10.4. The molecule has 0 spiro atoms. The number of ether oxygens (including phenoxy) is 2. The van der Waals surface area contributed by atoms with E-state index in [1.807, 2.05) is 81.9 Å². The minimum Gasteiger partial charge on any atom is -0.461 e. The van der Waals surface area contributed by atoms with E-state index in [9.17, 15) is 9.59 Å². The van der Waals surface area contributed by atoms with Crippen molar-refractivity contribution in [2.45, 2.75) is 40.9 Å². The summed E-state index contributed by atoms with van der Waals surface area (Å²) in [6.45, 7) is 7.84. The van der Waals surface area contributed by atoms with Crippen LogP contribution in [0.15, 0.2) is 45.9 Å². The van der Waals surface area contributed by atoms with Gasteiger partial charge < -0.3 is 9.47 Å². The summed E-state index contributed by atoms with van der Waals surface area (Å²) in [4.78, 5) is 22.4. The minimum atomic E-state index is -0.331. The highest BCUT2D eigenvalue weighted by atomic mass is 32.2. The van der Waals surface area contributed by atoms with Crippen molar-refractivity contribution in [2.75, 3.05) is 36.2 Å². The lowest BCUT2D eigenvalue weighted by Crippen LogP contribution is -2.14. The van der Waals surface area contributed by atoms with Crippen LogP contribution in [0.2, 0.25) is 0 Å². The number of rotatable bonds is 14. The first-order valence-electron chi connectivity index (χ1n) is 10.5. The number of esters is 2. The molecule has 0 radical (unpaired) electrons. The van der Waals surface area contributed by atoms with Gasteiger partial charge >= 0.3 is 11.9 Å². The van der Waals surface area contributed by atoms with E-state index in [1.54, 1.807) is 0 Å². The molecule has 0 bridgehead atoms. The van der Waals surface area contributed by atoms with Crippen molar-refractivity contribution in [3.63, 3.8) is 0 Å². The predicted molar refractivity (Wildman–Crippen MR) is 153 cm³/mol. The van der Waals surface area contributed by atoms with E-state index in [-0.39, 0.29) is 11.9 Å². The molecule has 4 nitrogen and oxygen atoms in total. The van der Waals surface area contributed by atoms with E-state index in [0.717, 1.165) is 35.9 Å². The van der Waals surface area contributed by atoms with Crippen molar-refractivity contribution in [2.24, 2.45) is 0 Å². The fourth-order valence-corrected chi connectivity index (χ4v) is 13.5. The largest absolute Gasteiger partial charge is 0.461 e. The van der Waals surface area contributed by atoms with Crippen LogP contribution in [0.1, 0.15) is 12.8 Å². The Bertz CT molecular complexity index is 737. The van der Waals surface area contributed by atoms with Gasteiger partial charge in [-0.3, -0.25) is 0 Å². The van der Waals surface area contributed by atoms with Gasteiger partial charge in [-0.25, -0.2) is 9.59 Å². The van der Waals surface area contributed by atoms with Crippen LogP contribution >= 0.6 is 81.9 Å². The first-order chi connectivity index (χ1) is 16.1. The summed E-state index contributed by atoms with van der Waals surface area (Å²) in [6, 6.07) is 4.49. The molecule has 0 saturated carbocycles. The molecule has 3 rings (SSSR count). The van der Waals surface area contributed by atoms with E-state index in [1.165, 1.54) is 20.6 Å². The molecule has 0 amide bonds. The van der Waals surface area contributed by atoms with Crippen molar-refractivity contribution >= 4 is 93.8 Å². The van der Waals surface area contributed by atoms with Crippen molar-refractivity contribution in [1.82, 2.24) is 0 Å². The Hall–Kier alpha value is 0.220. The Morgan fingerprint density at radius 3 is 1.76 bits per heavy atom. The smallest absolute Gasteiger partial charge is 0.330 e. The monoisotopic (exact) mass is 580 g/mol.